The zero-order valence-corrected chi connectivity index (χ0v) is 19.2. The molecule has 1 amide bonds. The van der Waals surface area contributed by atoms with E-state index in [-0.39, 0.29) is 5.91 Å². The zero-order valence-electron chi connectivity index (χ0n) is 19.2. The van der Waals surface area contributed by atoms with Crippen LogP contribution < -0.4 is 10.1 Å². The van der Waals surface area contributed by atoms with Gasteiger partial charge in [0.05, 0.1) is 7.11 Å². The second-order valence-electron chi connectivity index (χ2n) is 8.34. The van der Waals surface area contributed by atoms with Gasteiger partial charge >= 0.3 is 0 Å². The topological polar surface area (TPSA) is 43.3 Å². The van der Waals surface area contributed by atoms with E-state index in [1.54, 1.807) is 7.11 Å². The van der Waals surface area contributed by atoms with Gasteiger partial charge in [0, 0.05) is 35.2 Å². The van der Waals surface area contributed by atoms with Crippen molar-refractivity contribution in [3.63, 3.8) is 0 Å². The third kappa shape index (κ3) is 4.40. The molecule has 0 aliphatic carbocycles. The average molecular weight is 427 g/mol. The molecule has 0 atom stereocenters. The molecule has 1 heterocycles. The predicted molar refractivity (Wildman–Crippen MR) is 131 cm³/mol. The molecule has 3 aromatic carbocycles. The normalized spacial score (nSPS) is 11.0. The van der Waals surface area contributed by atoms with E-state index in [0.717, 1.165) is 35.2 Å². The van der Waals surface area contributed by atoms with Crippen molar-refractivity contribution >= 4 is 16.8 Å². The Morgan fingerprint density at radius 3 is 2.56 bits per heavy atom. The summed E-state index contributed by atoms with van der Waals surface area (Å²) in [7, 11) is 1.67. The van der Waals surface area contributed by atoms with E-state index < -0.39 is 0 Å². The van der Waals surface area contributed by atoms with Crippen LogP contribution in [0, 0.1) is 20.8 Å². The summed E-state index contributed by atoms with van der Waals surface area (Å²) >= 11 is 0. The number of ether oxygens (including phenoxy) is 1. The number of rotatable bonds is 7. The molecule has 0 saturated carbocycles. The molecule has 4 aromatic rings. The number of nitrogens with one attached hydrogen (secondary N) is 1. The number of para-hydroxylation sites is 1. The molecule has 4 rings (SSSR count). The second-order valence-corrected chi connectivity index (χ2v) is 8.34. The summed E-state index contributed by atoms with van der Waals surface area (Å²) in [5, 5.41) is 4.18. The van der Waals surface area contributed by atoms with E-state index in [1.807, 2.05) is 36.4 Å². The standard InChI is InChI=1S/C28H30N2O2/c1-19-8-7-9-22(16-19)18-30-21(3)20(2)25-17-24(12-13-26(25)30)28(31)29-15-14-23-10-5-6-11-27(23)32-4/h5-13,16-17H,14-15,18H2,1-4H3,(H,29,31). The molecule has 1 N–H and O–H groups in total. The Balaban J connectivity index is 1.52. The van der Waals surface area contributed by atoms with Crippen LogP contribution in [0.4, 0.5) is 0 Å². The summed E-state index contributed by atoms with van der Waals surface area (Å²) in [6, 6.07) is 22.5. The minimum absolute atomic E-state index is 0.0507. The summed E-state index contributed by atoms with van der Waals surface area (Å²) in [5.41, 5.74) is 7.93. The van der Waals surface area contributed by atoms with Crippen molar-refractivity contribution in [2.24, 2.45) is 0 Å². The highest BCUT2D eigenvalue weighted by Gasteiger charge is 2.14. The van der Waals surface area contributed by atoms with Gasteiger partial charge in [-0.25, -0.2) is 0 Å². The van der Waals surface area contributed by atoms with Crippen LogP contribution in [-0.2, 0) is 13.0 Å². The summed E-state index contributed by atoms with van der Waals surface area (Å²) < 4.78 is 7.73. The Morgan fingerprint density at radius 2 is 1.78 bits per heavy atom. The number of carbonyl (C=O) groups is 1. The fourth-order valence-corrected chi connectivity index (χ4v) is 4.31. The molecule has 0 fully saturated rings. The Hall–Kier alpha value is -3.53. The van der Waals surface area contributed by atoms with Gasteiger partial charge in [-0.1, -0.05) is 48.0 Å². The maximum Gasteiger partial charge on any atom is 0.251 e. The number of hydrogen-bond acceptors (Lipinski definition) is 2. The quantitative estimate of drug-likeness (QED) is 0.418. The third-order valence-corrected chi connectivity index (χ3v) is 6.20. The lowest BCUT2D eigenvalue weighted by Crippen LogP contribution is -2.25. The van der Waals surface area contributed by atoms with Crippen LogP contribution >= 0.6 is 0 Å². The zero-order chi connectivity index (χ0) is 22.7. The fourth-order valence-electron chi connectivity index (χ4n) is 4.31. The van der Waals surface area contributed by atoms with Crippen LogP contribution in [0.3, 0.4) is 0 Å². The van der Waals surface area contributed by atoms with Crippen molar-refractivity contribution in [3.05, 3.63) is 100 Å². The van der Waals surface area contributed by atoms with Crippen LogP contribution in [0.2, 0.25) is 0 Å². The smallest absolute Gasteiger partial charge is 0.251 e. The van der Waals surface area contributed by atoms with E-state index >= 15 is 0 Å². The second kappa shape index (κ2) is 9.31. The van der Waals surface area contributed by atoms with E-state index in [4.69, 9.17) is 4.74 Å². The number of aryl methyl sites for hydroxylation is 2. The SMILES string of the molecule is COc1ccccc1CCNC(=O)c1ccc2c(c1)c(C)c(C)n2Cc1cccc(C)c1. The fraction of sp³-hybridized carbons (Fsp3) is 0.250. The van der Waals surface area contributed by atoms with Crippen molar-refractivity contribution in [2.75, 3.05) is 13.7 Å². The van der Waals surface area contributed by atoms with Gasteiger partial charge in [-0.05, 0) is 68.1 Å². The first-order valence-corrected chi connectivity index (χ1v) is 11.0. The molecule has 0 bridgehead atoms. The minimum Gasteiger partial charge on any atom is -0.496 e. The molecule has 0 radical (unpaired) electrons. The molecule has 4 nitrogen and oxygen atoms in total. The monoisotopic (exact) mass is 426 g/mol. The number of aromatic nitrogens is 1. The van der Waals surface area contributed by atoms with Crippen LogP contribution in [-0.4, -0.2) is 24.1 Å². The number of carbonyl (C=O) groups excluding carboxylic acids is 1. The lowest BCUT2D eigenvalue weighted by atomic mass is 10.1. The van der Waals surface area contributed by atoms with Crippen LogP contribution in [0.15, 0.2) is 66.7 Å². The first-order chi connectivity index (χ1) is 15.5. The van der Waals surface area contributed by atoms with Crippen molar-refractivity contribution in [2.45, 2.75) is 33.7 Å². The molecular weight excluding hydrogens is 396 g/mol. The molecule has 0 unspecified atom stereocenters. The number of benzene rings is 3. The Bertz CT molecular complexity index is 1270. The summed E-state index contributed by atoms with van der Waals surface area (Å²) in [4.78, 5) is 12.8. The number of fused-ring (bicyclic) bond motifs is 1. The van der Waals surface area contributed by atoms with Gasteiger partial charge in [0.15, 0.2) is 0 Å². The van der Waals surface area contributed by atoms with Gasteiger partial charge in [0.25, 0.3) is 5.91 Å². The van der Waals surface area contributed by atoms with Crippen LogP contribution in [0.1, 0.15) is 38.3 Å². The van der Waals surface area contributed by atoms with Gasteiger partial charge in [-0.3, -0.25) is 4.79 Å². The van der Waals surface area contributed by atoms with E-state index in [2.05, 4.69) is 61.0 Å². The highest BCUT2D eigenvalue weighted by Crippen LogP contribution is 2.27. The summed E-state index contributed by atoms with van der Waals surface area (Å²) in [5.74, 6) is 0.800. The Kier molecular flexibility index (Phi) is 6.31. The van der Waals surface area contributed by atoms with Crippen molar-refractivity contribution in [1.29, 1.82) is 0 Å². The predicted octanol–water partition coefficient (Wildman–Crippen LogP) is 5.60. The molecule has 4 heteroatoms. The molecule has 0 aliphatic heterocycles. The molecule has 0 aliphatic rings. The van der Waals surface area contributed by atoms with Gasteiger partial charge in [-0.15, -0.1) is 0 Å². The van der Waals surface area contributed by atoms with Crippen molar-refractivity contribution < 1.29 is 9.53 Å². The first kappa shape index (κ1) is 21.7. The lowest BCUT2D eigenvalue weighted by Gasteiger charge is -2.10. The maximum absolute atomic E-state index is 12.8. The molecule has 32 heavy (non-hydrogen) atoms. The molecule has 1 aromatic heterocycles. The molecule has 0 saturated heterocycles. The van der Waals surface area contributed by atoms with Gasteiger partial charge in [-0.2, -0.15) is 0 Å². The number of hydrogen-bond donors (Lipinski definition) is 1. The number of amides is 1. The van der Waals surface area contributed by atoms with Gasteiger partial charge in [0.1, 0.15) is 5.75 Å². The van der Waals surface area contributed by atoms with E-state index in [1.165, 1.54) is 22.4 Å². The van der Waals surface area contributed by atoms with Crippen LogP contribution in [0.5, 0.6) is 5.75 Å². The number of nitrogens with zero attached hydrogens (tertiary/aromatic N) is 1. The largest absolute Gasteiger partial charge is 0.496 e. The van der Waals surface area contributed by atoms with Gasteiger partial charge in [0.2, 0.25) is 0 Å². The third-order valence-electron chi connectivity index (χ3n) is 6.20. The molecule has 0 spiro atoms. The van der Waals surface area contributed by atoms with Crippen molar-refractivity contribution in [3.8, 4) is 5.75 Å². The number of methoxy groups -OCH3 is 1. The minimum atomic E-state index is -0.0507. The van der Waals surface area contributed by atoms with Crippen molar-refractivity contribution in [1.82, 2.24) is 9.88 Å². The average Bonchev–Trinajstić information content (AvgIpc) is 3.03. The molecular formula is C28H30N2O2. The summed E-state index contributed by atoms with van der Waals surface area (Å²) in [6.07, 6.45) is 0.725. The highest BCUT2D eigenvalue weighted by atomic mass is 16.5. The van der Waals surface area contributed by atoms with Gasteiger partial charge < -0.3 is 14.6 Å². The Morgan fingerprint density at radius 1 is 0.969 bits per heavy atom. The van der Waals surface area contributed by atoms with Crippen LogP contribution in [0.25, 0.3) is 10.9 Å². The molecule has 164 valence electrons. The lowest BCUT2D eigenvalue weighted by molar-refractivity contribution is 0.0954. The van der Waals surface area contributed by atoms with E-state index in [0.29, 0.717) is 12.1 Å². The summed E-state index contributed by atoms with van der Waals surface area (Å²) in [6.45, 7) is 7.78. The maximum atomic E-state index is 12.8. The van der Waals surface area contributed by atoms with E-state index in [9.17, 15) is 4.79 Å². The Labute approximate surface area is 189 Å². The highest BCUT2D eigenvalue weighted by molar-refractivity contribution is 5.99. The first-order valence-electron chi connectivity index (χ1n) is 11.0.